The van der Waals surface area contributed by atoms with Gasteiger partial charge in [0.2, 0.25) is 5.91 Å². The Morgan fingerprint density at radius 1 is 1.20 bits per heavy atom. The SMILES string of the molecule is CCCCCC(=O)N(CC(=O)c1c(C)c(C(=O)OC)n(CC)c1C)C[C@@H]1CCCO1. The number of rotatable bonds is 11. The van der Waals surface area contributed by atoms with Crippen molar-refractivity contribution in [2.75, 3.05) is 26.8 Å². The third-order valence-electron chi connectivity index (χ3n) is 5.87. The van der Waals surface area contributed by atoms with Crippen LogP contribution in [0.4, 0.5) is 0 Å². The van der Waals surface area contributed by atoms with Gasteiger partial charge >= 0.3 is 5.97 Å². The zero-order valence-corrected chi connectivity index (χ0v) is 19.1. The molecule has 2 heterocycles. The molecule has 1 fully saturated rings. The molecule has 7 nitrogen and oxygen atoms in total. The highest BCUT2D eigenvalue weighted by Crippen LogP contribution is 2.24. The summed E-state index contributed by atoms with van der Waals surface area (Å²) >= 11 is 0. The number of ether oxygens (including phenoxy) is 2. The van der Waals surface area contributed by atoms with Gasteiger partial charge in [0.05, 0.1) is 19.8 Å². The summed E-state index contributed by atoms with van der Waals surface area (Å²) in [5.74, 6) is -0.613. The molecule has 0 saturated carbocycles. The molecule has 0 aromatic carbocycles. The second kappa shape index (κ2) is 11.3. The summed E-state index contributed by atoms with van der Waals surface area (Å²) in [6, 6.07) is 0. The van der Waals surface area contributed by atoms with Crippen LogP contribution in [0.25, 0.3) is 0 Å². The van der Waals surface area contributed by atoms with Gasteiger partial charge < -0.3 is 18.9 Å². The van der Waals surface area contributed by atoms with E-state index in [1.807, 2.05) is 18.4 Å². The van der Waals surface area contributed by atoms with Crippen molar-refractivity contribution in [2.45, 2.75) is 78.9 Å². The Balaban J connectivity index is 2.26. The lowest BCUT2D eigenvalue weighted by atomic mass is 10.0. The highest BCUT2D eigenvalue weighted by Gasteiger charge is 2.29. The normalized spacial score (nSPS) is 16.0. The topological polar surface area (TPSA) is 77.8 Å². The maximum atomic E-state index is 13.3. The van der Waals surface area contributed by atoms with Crippen molar-refractivity contribution < 1.29 is 23.9 Å². The number of carbonyl (C=O) groups excluding carboxylic acids is 3. The summed E-state index contributed by atoms with van der Waals surface area (Å²) in [6.45, 7) is 9.33. The maximum Gasteiger partial charge on any atom is 0.354 e. The molecule has 0 radical (unpaired) electrons. The smallest absolute Gasteiger partial charge is 0.354 e. The van der Waals surface area contributed by atoms with Crippen molar-refractivity contribution in [1.29, 1.82) is 0 Å². The first-order valence-electron chi connectivity index (χ1n) is 11.1. The molecule has 0 N–H and O–H groups in total. The number of amides is 1. The second-order valence-electron chi connectivity index (χ2n) is 7.96. The third-order valence-corrected chi connectivity index (χ3v) is 5.87. The molecule has 1 aliphatic rings. The number of unbranched alkanes of at least 4 members (excludes halogenated alkanes) is 2. The van der Waals surface area contributed by atoms with Gasteiger partial charge in [-0.05, 0) is 45.6 Å². The molecule has 0 spiro atoms. The Morgan fingerprint density at radius 3 is 2.50 bits per heavy atom. The number of ketones is 1. The maximum absolute atomic E-state index is 13.3. The summed E-state index contributed by atoms with van der Waals surface area (Å²) in [5, 5.41) is 0. The van der Waals surface area contributed by atoms with Crippen LogP contribution in [0.3, 0.4) is 0 Å². The number of aromatic nitrogens is 1. The standard InChI is InChI=1S/C23H36N2O5/c1-6-8-9-12-20(27)24(14-18-11-10-13-30-18)15-19(26)21-16(3)22(23(28)29-5)25(7-2)17(21)4/h18H,6-15H2,1-5H3/t18-/m0/s1. The predicted octanol–water partition coefficient (Wildman–Crippen LogP) is 3.68. The lowest BCUT2D eigenvalue weighted by Crippen LogP contribution is -2.40. The summed E-state index contributed by atoms with van der Waals surface area (Å²) in [6.07, 6.45) is 5.17. The number of esters is 1. The lowest BCUT2D eigenvalue weighted by Gasteiger charge is -2.25. The first-order chi connectivity index (χ1) is 14.3. The average Bonchev–Trinajstić information content (AvgIpc) is 3.32. The van der Waals surface area contributed by atoms with Gasteiger partial charge in [-0.15, -0.1) is 0 Å². The number of methoxy groups -OCH3 is 1. The van der Waals surface area contributed by atoms with Gasteiger partial charge in [-0.1, -0.05) is 19.8 Å². The summed E-state index contributed by atoms with van der Waals surface area (Å²) in [7, 11) is 1.34. The molecule has 1 saturated heterocycles. The monoisotopic (exact) mass is 420 g/mol. The van der Waals surface area contributed by atoms with E-state index in [9.17, 15) is 14.4 Å². The lowest BCUT2D eigenvalue weighted by molar-refractivity contribution is -0.132. The Bertz CT molecular complexity index is 762. The molecule has 0 bridgehead atoms. The molecule has 1 aromatic rings. The highest BCUT2D eigenvalue weighted by molar-refractivity contribution is 6.04. The van der Waals surface area contributed by atoms with Crippen LogP contribution in [0.5, 0.6) is 0 Å². The van der Waals surface area contributed by atoms with Crippen LogP contribution in [0.2, 0.25) is 0 Å². The zero-order chi connectivity index (χ0) is 22.3. The van der Waals surface area contributed by atoms with E-state index in [0.29, 0.717) is 42.9 Å². The van der Waals surface area contributed by atoms with E-state index >= 15 is 0 Å². The summed E-state index contributed by atoms with van der Waals surface area (Å²) in [5.41, 5.74) is 2.26. The molecule has 168 valence electrons. The van der Waals surface area contributed by atoms with Crippen LogP contribution < -0.4 is 0 Å². The largest absolute Gasteiger partial charge is 0.464 e. The molecule has 30 heavy (non-hydrogen) atoms. The second-order valence-corrected chi connectivity index (χ2v) is 7.96. The van der Waals surface area contributed by atoms with E-state index in [-0.39, 0.29) is 24.3 Å². The number of carbonyl (C=O) groups is 3. The number of hydrogen-bond acceptors (Lipinski definition) is 5. The molecule has 0 aliphatic carbocycles. The van der Waals surface area contributed by atoms with Gasteiger partial charge in [0.1, 0.15) is 5.69 Å². The fourth-order valence-corrected chi connectivity index (χ4v) is 4.29. The molecule has 1 amide bonds. The van der Waals surface area contributed by atoms with Gasteiger partial charge in [-0.2, -0.15) is 0 Å². The Morgan fingerprint density at radius 2 is 1.93 bits per heavy atom. The van der Waals surface area contributed by atoms with Gasteiger partial charge in [-0.25, -0.2) is 4.79 Å². The molecule has 7 heteroatoms. The summed E-state index contributed by atoms with van der Waals surface area (Å²) < 4.78 is 12.4. The van der Waals surface area contributed by atoms with Gasteiger partial charge in [-0.3, -0.25) is 9.59 Å². The van der Waals surface area contributed by atoms with Crippen molar-refractivity contribution in [1.82, 2.24) is 9.47 Å². The average molecular weight is 421 g/mol. The molecule has 2 rings (SSSR count). The fraction of sp³-hybridized carbons (Fsp3) is 0.696. The minimum Gasteiger partial charge on any atom is -0.464 e. The number of nitrogens with zero attached hydrogens (tertiary/aromatic N) is 2. The van der Waals surface area contributed by atoms with E-state index in [1.165, 1.54) is 7.11 Å². The molecular formula is C23H36N2O5. The predicted molar refractivity (Wildman–Crippen MR) is 115 cm³/mol. The van der Waals surface area contributed by atoms with Crippen LogP contribution in [0, 0.1) is 13.8 Å². The van der Waals surface area contributed by atoms with E-state index in [4.69, 9.17) is 9.47 Å². The van der Waals surface area contributed by atoms with E-state index in [2.05, 4.69) is 6.92 Å². The minimum atomic E-state index is -0.455. The third kappa shape index (κ3) is 5.50. The Kier molecular flexibility index (Phi) is 9.08. The van der Waals surface area contributed by atoms with E-state index < -0.39 is 5.97 Å². The van der Waals surface area contributed by atoms with Crippen LogP contribution in [0.15, 0.2) is 0 Å². The Labute approximate surface area is 179 Å². The van der Waals surface area contributed by atoms with E-state index in [1.54, 1.807) is 11.8 Å². The van der Waals surface area contributed by atoms with Gasteiger partial charge in [0, 0.05) is 37.4 Å². The minimum absolute atomic E-state index is 0.000832. The van der Waals surface area contributed by atoms with Crippen LogP contribution in [-0.4, -0.2) is 60.0 Å². The number of Topliss-reactive ketones (excluding diaryl/α,β-unsaturated/α-hetero) is 1. The Hall–Kier alpha value is -2.15. The highest BCUT2D eigenvalue weighted by atomic mass is 16.5. The first-order valence-corrected chi connectivity index (χ1v) is 11.1. The molecular weight excluding hydrogens is 384 g/mol. The molecule has 1 aliphatic heterocycles. The fourth-order valence-electron chi connectivity index (χ4n) is 4.29. The van der Waals surface area contributed by atoms with Gasteiger partial charge in [0.15, 0.2) is 5.78 Å². The summed E-state index contributed by atoms with van der Waals surface area (Å²) in [4.78, 5) is 40.1. The number of hydrogen-bond donors (Lipinski definition) is 0. The van der Waals surface area contributed by atoms with Crippen molar-refractivity contribution in [3.8, 4) is 0 Å². The zero-order valence-electron chi connectivity index (χ0n) is 19.1. The molecule has 1 atom stereocenters. The molecule has 1 aromatic heterocycles. The first kappa shape index (κ1) is 24.1. The van der Waals surface area contributed by atoms with Crippen molar-refractivity contribution >= 4 is 17.7 Å². The van der Waals surface area contributed by atoms with Crippen molar-refractivity contribution in [3.05, 3.63) is 22.5 Å². The van der Waals surface area contributed by atoms with Crippen LogP contribution >= 0.6 is 0 Å². The quantitative estimate of drug-likeness (QED) is 0.310. The van der Waals surface area contributed by atoms with Crippen molar-refractivity contribution in [3.63, 3.8) is 0 Å². The van der Waals surface area contributed by atoms with Crippen LogP contribution in [0.1, 0.15) is 84.5 Å². The van der Waals surface area contributed by atoms with Crippen LogP contribution in [-0.2, 0) is 20.8 Å². The van der Waals surface area contributed by atoms with Crippen molar-refractivity contribution in [2.24, 2.45) is 0 Å². The molecule has 0 unspecified atom stereocenters. The van der Waals surface area contributed by atoms with E-state index in [0.717, 1.165) is 37.8 Å². The van der Waals surface area contributed by atoms with Gasteiger partial charge in [0.25, 0.3) is 0 Å².